The van der Waals surface area contributed by atoms with Gasteiger partial charge in [-0.15, -0.1) is 0 Å². The first-order valence-corrected chi connectivity index (χ1v) is 9.37. The van der Waals surface area contributed by atoms with Gasteiger partial charge in [-0.1, -0.05) is 68.4 Å². The van der Waals surface area contributed by atoms with Crippen LogP contribution in [0, 0.1) is 5.41 Å². The minimum Gasteiger partial charge on any atom is -0.364 e. The van der Waals surface area contributed by atoms with Crippen molar-refractivity contribution in [1.82, 2.24) is 0 Å². The van der Waals surface area contributed by atoms with Gasteiger partial charge in [-0.05, 0) is 41.0 Å². The molecule has 27 heavy (non-hydrogen) atoms. The highest BCUT2D eigenvalue weighted by Gasteiger charge is 2.26. The Labute approximate surface area is 160 Å². The molecule has 1 aliphatic rings. The Morgan fingerprint density at radius 3 is 2.63 bits per heavy atom. The molecule has 1 aliphatic heterocycles. The molecule has 140 valence electrons. The Balaban J connectivity index is 1.90. The number of anilines is 1. The van der Waals surface area contributed by atoms with Crippen LogP contribution >= 0.6 is 0 Å². The summed E-state index contributed by atoms with van der Waals surface area (Å²) < 4.78 is 0. The molecule has 5 heteroatoms. The predicted molar refractivity (Wildman–Crippen MR) is 109 cm³/mol. The van der Waals surface area contributed by atoms with E-state index in [2.05, 4.69) is 53.9 Å². The quantitative estimate of drug-likeness (QED) is 0.295. The molecule has 0 saturated carbocycles. The largest absolute Gasteiger partial charge is 0.364 e. The van der Waals surface area contributed by atoms with E-state index in [-0.39, 0.29) is 17.2 Å². The van der Waals surface area contributed by atoms with Crippen LogP contribution in [0.3, 0.4) is 0 Å². The van der Waals surface area contributed by atoms with Crippen molar-refractivity contribution >= 4 is 11.5 Å². The number of Topliss-reactive ketones (excluding diaryl/α,β-unsaturated/α-hetero) is 1. The Morgan fingerprint density at radius 2 is 1.96 bits per heavy atom. The van der Waals surface area contributed by atoms with Gasteiger partial charge in [0.1, 0.15) is 0 Å². The lowest BCUT2D eigenvalue weighted by molar-refractivity contribution is 0.0998. The summed E-state index contributed by atoms with van der Waals surface area (Å²) in [6.45, 7) is 7.67. The normalized spacial score (nSPS) is 16.4. The number of ketones is 1. The number of fused-ring (bicyclic) bond motifs is 1. The lowest BCUT2D eigenvalue weighted by atomic mass is 9.86. The molecule has 0 N–H and O–H groups in total. The molecular weight excluding hydrogens is 336 g/mol. The van der Waals surface area contributed by atoms with Crippen molar-refractivity contribution in [1.29, 1.82) is 0 Å². The van der Waals surface area contributed by atoms with E-state index in [0.29, 0.717) is 13.1 Å². The molecule has 1 heterocycles. The summed E-state index contributed by atoms with van der Waals surface area (Å²) in [7, 11) is 0. The van der Waals surface area contributed by atoms with Crippen LogP contribution in [0.2, 0.25) is 0 Å². The first-order chi connectivity index (χ1) is 12.9. The molecule has 0 fully saturated rings. The Hall–Kier alpha value is -2.78. The number of hydrogen-bond acceptors (Lipinski definition) is 3. The van der Waals surface area contributed by atoms with Crippen molar-refractivity contribution in [2.75, 3.05) is 18.0 Å². The summed E-state index contributed by atoms with van der Waals surface area (Å²) in [6.07, 6.45) is 1.67. The predicted octanol–water partition coefficient (Wildman–Crippen LogP) is 5.72. The SMILES string of the molecule is CC(C)(C)Cc1ccc2c(c1)C(N=[N+]=[N-])CCN2CC(=O)c1ccccc1. The molecule has 0 radical (unpaired) electrons. The van der Waals surface area contributed by atoms with Gasteiger partial charge in [0.05, 0.1) is 12.6 Å². The van der Waals surface area contributed by atoms with Crippen LogP contribution in [0.4, 0.5) is 5.69 Å². The van der Waals surface area contributed by atoms with Gasteiger partial charge in [-0.25, -0.2) is 0 Å². The van der Waals surface area contributed by atoms with Crippen LogP contribution in [0.1, 0.15) is 54.7 Å². The highest BCUT2D eigenvalue weighted by Crippen LogP contribution is 2.38. The fourth-order valence-corrected chi connectivity index (χ4v) is 3.67. The third kappa shape index (κ3) is 4.69. The molecule has 0 aromatic heterocycles. The number of carbonyl (C=O) groups is 1. The van der Waals surface area contributed by atoms with Gasteiger partial charge < -0.3 is 4.90 Å². The number of azide groups is 1. The molecular formula is C22H26N4O. The van der Waals surface area contributed by atoms with Gasteiger partial charge in [-0.3, -0.25) is 4.79 Å². The van der Waals surface area contributed by atoms with Crippen LogP contribution in [0.5, 0.6) is 0 Å². The third-order valence-electron chi connectivity index (χ3n) is 4.82. The van der Waals surface area contributed by atoms with Crippen LogP contribution < -0.4 is 4.90 Å². The molecule has 2 aromatic rings. The van der Waals surface area contributed by atoms with Crippen molar-refractivity contribution < 1.29 is 4.79 Å². The maximum absolute atomic E-state index is 12.7. The van der Waals surface area contributed by atoms with E-state index in [0.717, 1.165) is 29.7 Å². The number of hydrogen-bond donors (Lipinski definition) is 0. The molecule has 1 unspecified atom stereocenters. The van der Waals surface area contributed by atoms with E-state index in [9.17, 15) is 4.79 Å². The second-order valence-electron chi connectivity index (χ2n) is 8.35. The van der Waals surface area contributed by atoms with E-state index >= 15 is 0 Å². The zero-order chi connectivity index (χ0) is 19.4. The standard InChI is InChI=1S/C22H26N4O/c1-22(2,3)14-16-9-10-20-18(13-16)19(24-25-23)11-12-26(20)15-21(27)17-7-5-4-6-8-17/h4-10,13,19H,11-12,14-15H2,1-3H3. The average Bonchev–Trinajstić information content (AvgIpc) is 2.63. The topological polar surface area (TPSA) is 69.1 Å². The minimum atomic E-state index is -0.173. The Kier molecular flexibility index (Phi) is 5.52. The molecule has 0 spiro atoms. The zero-order valence-corrected chi connectivity index (χ0v) is 16.2. The average molecular weight is 362 g/mol. The smallest absolute Gasteiger partial charge is 0.182 e. The van der Waals surface area contributed by atoms with Crippen molar-refractivity contribution in [2.24, 2.45) is 10.5 Å². The monoisotopic (exact) mass is 362 g/mol. The van der Waals surface area contributed by atoms with Crippen molar-refractivity contribution in [2.45, 2.75) is 39.7 Å². The molecule has 1 atom stereocenters. The van der Waals surface area contributed by atoms with Gasteiger partial charge in [0.25, 0.3) is 0 Å². The summed E-state index contributed by atoms with van der Waals surface area (Å²) in [5, 5.41) is 4.00. The molecule has 0 aliphatic carbocycles. The van der Waals surface area contributed by atoms with E-state index < -0.39 is 0 Å². The second-order valence-corrected chi connectivity index (χ2v) is 8.35. The number of rotatable bonds is 5. The van der Waals surface area contributed by atoms with E-state index in [1.807, 2.05) is 30.3 Å². The number of carbonyl (C=O) groups excluding carboxylic acids is 1. The molecule has 0 amide bonds. The van der Waals surface area contributed by atoms with E-state index in [1.165, 1.54) is 5.56 Å². The van der Waals surface area contributed by atoms with Crippen molar-refractivity contribution in [3.63, 3.8) is 0 Å². The van der Waals surface area contributed by atoms with E-state index in [4.69, 9.17) is 5.53 Å². The maximum atomic E-state index is 12.7. The van der Waals surface area contributed by atoms with E-state index in [1.54, 1.807) is 0 Å². The lowest BCUT2D eigenvalue weighted by Crippen LogP contribution is -2.35. The third-order valence-corrected chi connectivity index (χ3v) is 4.82. The molecule has 5 nitrogen and oxygen atoms in total. The molecule has 0 bridgehead atoms. The maximum Gasteiger partial charge on any atom is 0.182 e. The molecule has 0 saturated heterocycles. The summed E-state index contributed by atoms with van der Waals surface area (Å²) in [5.74, 6) is 0.0996. The number of benzene rings is 2. The fraction of sp³-hybridized carbons (Fsp3) is 0.409. The summed E-state index contributed by atoms with van der Waals surface area (Å²) in [4.78, 5) is 17.8. The van der Waals surface area contributed by atoms with Gasteiger partial charge in [0.2, 0.25) is 0 Å². The lowest BCUT2D eigenvalue weighted by Gasteiger charge is -2.34. The van der Waals surface area contributed by atoms with Crippen molar-refractivity contribution in [3.05, 3.63) is 75.7 Å². The Bertz CT molecular complexity index is 864. The van der Waals surface area contributed by atoms with Gasteiger partial charge in [0.15, 0.2) is 5.78 Å². The first kappa shape index (κ1) is 19.0. The summed E-state index contributed by atoms with van der Waals surface area (Å²) in [5.41, 5.74) is 13.1. The van der Waals surface area contributed by atoms with Crippen LogP contribution in [-0.2, 0) is 6.42 Å². The van der Waals surface area contributed by atoms with Crippen LogP contribution in [-0.4, -0.2) is 18.9 Å². The van der Waals surface area contributed by atoms with Crippen molar-refractivity contribution in [3.8, 4) is 0 Å². The molecule has 3 rings (SSSR count). The van der Waals surface area contributed by atoms with Gasteiger partial charge in [0, 0.05) is 22.7 Å². The fourth-order valence-electron chi connectivity index (χ4n) is 3.67. The van der Waals surface area contributed by atoms with Crippen LogP contribution in [0.25, 0.3) is 10.4 Å². The summed E-state index contributed by atoms with van der Waals surface area (Å²) in [6, 6.07) is 15.6. The number of nitrogens with zero attached hydrogens (tertiary/aromatic N) is 4. The second kappa shape index (κ2) is 7.85. The van der Waals surface area contributed by atoms with Gasteiger partial charge in [-0.2, -0.15) is 0 Å². The first-order valence-electron chi connectivity index (χ1n) is 9.37. The minimum absolute atomic E-state index is 0.0996. The summed E-state index contributed by atoms with van der Waals surface area (Å²) >= 11 is 0. The Morgan fingerprint density at radius 1 is 1.22 bits per heavy atom. The van der Waals surface area contributed by atoms with Crippen LogP contribution in [0.15, 0.2) is 53.6 Å². The highest BCUT2D eigenvalue weighted by molar-refractivity contribution is 5.99. The highest BCUT2D eigenvalue weighted by atomic mass is 16.1. The zero-order valence-electron chi connectivity index (χ0n) is 16.2. The van der Waals surface area contributed by atoms with Gasteiger partial charge >= 0.3 is 0 Å². The molecule has 2 aromatic carbocycles.